The third kappa shape index (κ3) is 3.01. The van der Waals surface area contributed by atoms with Crippen molar-refractivity contribution in [2.24, 2.45) is 0 Å². The zero-order chi connectivity index (χ0) is 19.3. The summed E-state index contributed by atoms with van der Waals surface area (Å²) in [4.78, 5) is 18.7. The molecule has 0 aromatic carbocycles. The summed E-state index contributed by atoms with van der Waals surface area (Å²) in [7, 11) is 1.37. The molecule has 2 aromatic heterocycles. The molecule has 0 radical (unpaired) electrons. The number of hydrogen-bond donors (Lipinski definition) is 0. The molecular weight excluding hydrogens is 342 g/mol. The molecule has 2 aromatic rings. The molecule has 0 aliphatic heterocycles. The number of methoxy groups -OCH3 is 1. The van der Waals surface area contributed by atoms with Gasteiger partial charge in [0.2, 0.25) is 0 Å². The van der Waals surface area contributed by atoms with Crippen LogP contribution in [0.25, 0.3) is 5.57 Å². The Balaban J connectivity index is 2.04. The predicted molar refractivity (Wildman–Crippen MR) is 108 cm³/mol. The average molecular weight is 370 g/mol. The summed E-state index contributed by atoms with van der Waals surface area (Å²) in [6.45, 7) is 15.9. The molecule has 0 spiro atoms. The third-order valence-corrected chi connectivity index (χ3v) is 7.30. The van der Waals surface area contributed by atoms with E-state index in [1.807, 2.05) is 17.4 Å². The van der Waals surface area contributed by atoms with Crippen LogP contribution in [0.2, 0.25) is 0 Å². The number of carbonyl (C=O) groups is 1. The maximum Gasteiger partial charge on any atom is 0.339 e. The minimum absolute atomic E-state index is 0.187. The van der Waals surface area contributed by atoms with Crippen LogP contribution in [0.1, 0.15) is 77.5 Å². The molecule has 1 aliphatic carbocycles. The molecule has 4 heteroatoms. The minimum Gasteiger partial charge on any atom is -0.465 e. The van der Waals surface area contributed by atoms with Gasteiger partial charge in [-0.3, -0.25) is 4.98 Å². The van der Waals surface area contributed by atoms with Gasteiger partial charge in [-0.05, 0) is 53.9 Å². The zero-order valence-corrected chi connectivity index (χ0v) is 17.3. The smallest absolute Gasteiger partial charge is 0.339 e. The monoisotopic (exact) mass is 369 g/mol. The van der Waals surface area contributed by atoms with Gasteiger partial charge in [0.25, 0.3) is 0 Å². The van der Waals surface area contributed by atoms with Gasteiger partial charge in [-0.2, -0.15) is 0 Å². The van der Waals surface area contributed by atoms with Crippen molar-refractivity contribution in [3.05, 3.63) is 57.0 Å². The lowest BCUT2D eigenvalue weighted by Gasteiger charge is -2.39. The molecule has 0 bridgehead atoms. The molecule has 0 amide bonds. The van der Waals surface area contributed by atoms with Crippen molar-refractivity contribution in [2.75, 3.05) is 7.11 Å². The van der Waals surface area contributed by atoms with Crippen LogP contribution in [-0.4, -0.2) is 18.1 Å². The van der Waals surface area contributed by atoms with E-state index < -0.39 is 0 Å². The quantitative estimate of drug-likeness (QED) is 0.656. The van der Waals surface area contributed by atoms with Crippen molar-refractivity contribution in [3.8, 4) is 0 Å². The van der Waals surface area contributed by atoms with E-state index in [0.717, 1.165) is 11.3 Å². The minimum atomic E-state index is -0.374. The predicted octanol–water partition coefficient (Wildman–Crippen LogP) is 5.65. The molecule has 0 atom stereocenters. The standard InChI is InChI=1S/C22H27NO2S/c1-13(16-9-8-15(12-23-16)20(24)25-7)18-14(2)17-19(26-18)22(5,6)11-10-21(17,3)4/h8-9,12H,1,10-11H2,2-7H3. The van der Waals surface area contributed by atoms with Crippen LogP contribution in [0.4, 0.5) is 0 Å². The summed E-state index contributed by atoms with van der Waals surface area (Å²) in [6, 6.07) is 3.60. The van der Waals surface area contributed by atoms with Crippen LogP contribution in [0.15, 0.2) is 24.9 Å². The van der Waals surface area contributed by atoms with Crippen LogP contribution < -0.4 is 0 Å². The van der Waals surface area contributed by atoms with E-state index in [1.165, 1.54) is 40.8 Å². The van der Waals surface area contributed by atoms with Gasteiger partial charge in [0, 0.05) is 21.5 Å². The van der Waals surface area contributed by atoms with E-state index in [-0.39, 0.29) is 16.8 Å². The highest BCUT2D eigenvalue weighted by Gasteiger charge is 2.41. The van der Waals surface area contributed by atoms with Gasteiger partial charge in [0.1, 0.15) is 0 Å². The first-order chi connectivity index (χ1) is 12.1. The summed E-state index contributed by atoms with van der Waals surface area (Å²) in [5.41, 5.74) is 5.37. The number of ether oxygens (including phenoxy) is 1. The Bertz CT molecular complexity index is 872. The summed E-state index contributed by atoms with van der Waals surface area (Å²) in [5, 5.41) is 0. The van der Waals surface area contributed by atoms with Crippen molar-refractivity contribution in [3.63, 3.8) is 0 Å². The van der Waals surface area contributed by atoms with Gasteiger partial charge in [-0.1, -0.05) is 34.3 Å². The van der Waals surface area contributed by atoms with Gasteiger partial charge in [-0.25, -0.2) is 4.79 Å². The second-order valence-electron chi connectivity index (χ2n) is 8.43. The van der Waals surface area contributed by atoms with Crippen LogP contribution in [-0.2, 0) is 15.6 Å². The first kappa shape index (κ1) is 18.8. The average Bonchev–Trinajstić information content (AvgIpc) is 2.97. The van der Waals surface area contributed by atoms with Crippen molar-refractivity contribution in [2.45, 2.75) is 58.3 Å². The van der Waals surface area contributed by atoms with E-state index >= 15 is 0 Å². The van der Waals surface area contributed by atoms with Crippen LogP contribution >= 0.6 is 11.3 Å². The topological polar surface area (TPSA) is 39.2 Å². The lowest BCUT2D eigenvalue weighted by Crippen LogP contribution is -2.32. The normalized spacial score (nSPS) is 17.5. The lowest BCUT2D eigenvalue weighted by molar-refractivity contribution is 0.0600. The first-order valence-corrected chi connectivity index (χ1v) is 9.78. The maximum atomic E-state index is 11.6. The molecule has 0 saturated carbocycles. The molecule has 3 rings (SSSR count). The van der Waals surface area contributed by atoms with Crippen LogP contribution in [0.5, 0.6) is 0 Å². The highest BCUT2D eigenvalue weighted by molar-refractivity contribution is 7.13. The summed E-state index contributed by atoms with van der Waals surface area (Å²) >= 11 is 1.86. The second kappa shape index (κ2) is 6.34. The number of aromatic nitrogens is 1. The highest BCUT2D eigenvalue weighted by atomic mass is 32.1. The number of rotatable bonds is 3. The summed E-state index contributed by atoms with van der Waals surface area (Å²) in [6.07, 6.45) is 3.95. The molecule has 0 saturated heterocycles. The number of nitrogens with zero attached hydrogens (tertiary/aromatic N) is 1. The number of esters is 1. The number of hydrogen-bond acceptors (Lipinski definition) is 4. The van der Waals surface area contributed by atoms with Gasteiger partial charge in [0.15, 0.2) is 0 Å². The van der Waals surface area contributed by atoms with Gasteiger partial charge in [-0.15, -0.1) is 11.3 Å². The fourth-order valence-corrected chi connectivity index (χ4v) is 5.48. The van der Waals surface area contributed by atoms with E-state index in [2.05, 4.69) is 46.2 Å². The fourth-order valence-electron chi connectivity index (χ4n) is 3.88. The van der Waals surface area contributed by atoms with E-state index in [1.54, 1.807) is 12.3 Å². The largest absolute Gasteiger partial charge is 0.465 e. The van der Waals surface area contributed by atoms with E-state index in [4.69, 9.17) is 4.74 Å². The van der Waals surface area contributed by atoms with E-state index in [0.29, 0.717) is 5.56 Å². The third-order valence-electron chi connectivity index (χ3n) is 5.58. The SMILES string of the molecule is C=C(c1ccc(C(=O)OC)cn1)c1sc2c(c1C)C(C)(C)CCC2(C)C. The fraction of sp³-hybridized carbons (Fsp3) is 0.455. The Hall–Kier alpha value is -1.94. The van der Waals surface area contributed by atoms with Gasteiger partial charge >= 0.3 is 5.97 Å². The Morgan fingerprint density at radius 1 is 1.19 bits per heavy atom. The van der Waals surface area contributed by atoms with Crippen LogP contribution in [0.3, 0.4) is 0 Å². The maximum absolute atomic E-state index is 11.6. The van der Waals surface area contributed by atoms with E-state index in [9.17, 15) is 4.79 Å². The Morgan fingerprint density at radius 2 is 1.85 bits per heavy atom. The number of carbonyl (C=O) groups excluding carboxylic acids is 1. The van der Waals surface area contributed by atoms with Crippen molar-refractivity contribution in [1.29, 1.82) is 0 Å². The first-order valence-electron chi connectivity index (χ1n) is 8.97. The number of pyridine rings is 1. The molecular formula is C22H27NO2S. The Morgan fingerprint density at radius 3 is 2.38 bits per heavy atom. The molecule has 26 heavy (non-hydrogen) atoms. The lowest BCUT2D eigenvalue weighted by atomic mass is 9.66. The highest BCUT2D eigenvalue weighted by Crippen LogP contribution is 2.52. The van der Waals surface area contributed by atoms with Crippen molar-refractivity contribution >= 4 is 22.9 Å². The van der Waals surface area contributed by atoms with Crippen molar-refractivity contribution in [1.82, 2.24) is 4.98 Å². The Kier molecular flexibility index (Phi) is 4.60. The number of thiophene rings is 1. The summed E-state index contributed by atoms with van der Waals surface area (Å²) in [5.74, 6) is -0.374. The molecule has 1 aliphatic rings. The molecule has 138 valence electrons. The molecule has 0 N–H and O–H groups in total. The molecule has 0 unspecified atom stereocenters. The number of fused-ring (bicyclic) bond motifs is 1. The molecule has 3 nitrogen and oxygen atoms in total. The van der Waals surface area contributed by atoms with Gasteiger partial charge < -0.3 is 4.74 Å². The summed E-state index contributed by atoms with van der Waals surface area (Å²) < 4.78 is 4.74. The van der Waals surface area contributed by atoms with Crippen molar-refractivity contribution < 1.29 is 9.53 Å². The van der Waals surface area contributed by atoms with Gasteiger partial charge in [0.05, 0.1) is 18.4 Å². The second-order valence-corrected chi connectivity index (χ2v) is 9.45. The zero-order valence-electron chi connectivity index (χ0n) is 16.5. The Labute approximate surface area is 160 Å². The molecule has 0 fully saturated rings. The van der Waals surface area contributed by atoms with Crippen LogP contribution in [0, 0.1) is 6.92 Å². The molecule has 2 heterocycles.